The number of amides is 1. The minimum absolute atomic E-state index is 0.0181. The minimum atomic E-state index is -5.05. The Morgan fingerprint density at radius 1 is 1.17 bits per heavy atom. The van der Waals surface area contributed by atoms with E-state index in [9.17, 15) is 18.7 Å². The largest absolute Gasteiger partial charge is 0.478 e. The van der Waals surface area contributed by atoms with E-state index >= 15 is 0 Å². The first-order chi connectivity index (χ1) is 10.3. The Labute approximate surface area is 127 Å². The number of aromatic amines is 1. The van der Waals surface area contributed by atoms with Gasteiger partial charge in [-0.25, -0.2) is 9.13 Å². The molecule has 0 saturated carbocycles. The first kappa shape index (κ1) is 19.3. The predicted octanol–water partition coefficient (Wildman–Crippen LogP) is -1.71. The average Bonchev–Trinajstić information content (AvgIpc) is 2.27. The molecule has 23 heavy (non-hydrogen) atoms. The van der Waals surface area contributed by atoms with Crippen molar-refractivity contribution in [2.45, 2.75) is 13.0 Å². The van der Waals surface area contributed by atoms with Gasteiger partial charge in [0.05, 0.1) is 0 Å². The summed E-state index contributed by atoms with van der Waals surface area (Å²) in [6, 6.07) is -0.420. The van der Waals surface area contributed by atoms with Crippen LogP contribution in [0.15, 0.2) is 4.79 Å². The molecule has 0 spiro atoms. The van der Waals surface area contributed by atoms with E-state index in [1.54, 1.807) is 6.92 Å². The summed E-state index contributed by atoms with van der Waals surface area (Å²) in [5.74, 6) is 0.0533. The highest BCUT2D eigenvalue weighted by molar-refractivity contribution is 7.60. The molecule has 0 fully saturated rings. The summed E-state index contributed by atoms with van der Waals surface area (Å²) in [5.41, 5.74) is 5.00. The molecule has 1 aromatic heterocycles. The van der Waals surface area contributed by atoms with Crippen LogP contribution in [0, 0.1) is 0 Å². The number of nitrogens with zero attached hydrogens (tertiary/aromatic N) is 1. The Morgan fingerprint density at radius 3 is 2.13 bits per heavy atom. The summed E-state index contributed by atoms with van der Waals surface area (Å²) < 4.78 is 22.2. The highest BCUT2D eigenvalue weighted by Gasteiger charge is 2.28. The summed E-state index contributed by atoms with van der Waals surface area (Å²) in [6.07, 6.45) is 0. The molecule has 2 rings (SSSR count). The molecule has 1 unspecified atom stereocenters. The van der Waals surface area contributed by atoms with E-state index in [2.05, 4.69) is 24.9 Å². The van der Waals surface area contributed by atoms with Gasteiger partial charge in [-0.1, -0.05) is 0 Å². The highest BCUT2D eigenvalue weighted by Crippen LogP contribution is 2.53. The van der Waals surface area contributed by atoms with Gasteiger partial charge >= 0.3 is 15.6 Å². The van der Waals surface area contributed by atoms with Crippen molar-refractivity contribution >= 4 is 39.0 Å². The number of anilines is 3. The second-order valence-electron chi connectivity index (χ2n) is 4.09. The van der Waals surface area contributed by atoms with Crippen LogP contribution < -0.4 is 21.9 Å². The summed E-state index contributed by atoms with van der Waals surface area (Å²) in [4.78, 5) is 59.7. The zero-order valence-electron chi connectivity index (χ0n) is 11.3. The van der Waals surface area contributed by atoms with Gasteiger partial charge in [0.25, 0.3) is 5.56 Å². The lowest BCUT2D eigenvalue weighted by Gasteiger charge is -2.22. The lowest BCUT2D eigenvalue weighted by atomic mass is 10.2. The maximum Gasteiger partial charge on any atom is 0.478 e. The van der Waals surface area contributed by atoms with E-state index in [1.165, 1.54) is 0 Å². The van der Waals surface area contributed by atoms with Gasteiger partial charge in [-0.15, -0.1) is 0 Å². The molecule has 1 aromatic rings. The molecule has 1 amide bonds. The van der Waals surface area contributed by atoms with E-state index in [1.807, 2.05) is 0 Å². The molecule has 1 aliphatic rings. The minimum Gasteiger partial charge on any atom is -0.369 e. The molecule has 0 aromatic carbocycles. The number of carbonyl (C=O) groups excluding carboxylic acids is 1. The Bertz CT molecular complexity index is 731. The number of rotatable bonds is 2. The van der Waals surface area contributed by atoms with Gasteiger partial charge in [-0.05, 0) is 6.92 Å². The fourth-order valence-electron chi connectivity index (χ4n) is 1.35. The third-order valence-electron chi connectivity index (χ3n) is 2.15. The van der Waals surface area contributed by atoms with Gasteiger partial charge in [0.15, 0.2) is 11.5 Å². The molecule has 1 atom stereocenters. The average molecular weight is 373 g/mol. The number of hydrogen-bond acceptors (Lipinski definition) is 8. The summed E-state index contributed by atoms with van der Waals surface area (Å²) in [6.45, 7) is 1.66. The summed E-state index contributed by atoms with van der Waals surface area (Å²) in [5, 5.41) is 5.21. The molecule has 1 aliphatic heterocycles. The molecule has 16 heteroatoms. The van der Waals surface area contributed by atoms with E-state index in [0.29, 0.717) is 5.82 Å². The Kier molecular flexibility index (Phi) is 5.66. The number of nitrogens with one attached hydrogen (secondary N) is 3. The van der Waals surface area contributed by atoms with Crippen LogP contribution in [0.25, 0.3) is 0 Å². The zero-order valence-corrected chi connectivity index (χ0v) is 13.1. The van der Waals surface area contributed by atoms with Gasteiger partial charge in [0.1, 0.15) is 6.04 Å². The monoisotopic (exact) mass is 373 g/mol. The predicted molar refractivity (Wildman–Crippen MR) is 76.2 cm³/mol. The van der Waals surface area contributed by atoms with Crippen molar-refractivity contribution in [2.24, 2.45) is 0 Å². The molecular weight excluding hydrogens is 360 g/mol. The number of carbonyl (C=O) groups is 1. The van der Waals surface area contributed by atoms with Crippen LogP contribution in [0.3, 0.4) is 0 Å². The fraction of sp³-hybridized carbons (Fsp3) is 0.286. The molecular formula is C7H13N5O9P2. The third-order valence-corrected chi connectivity index (χ3v) is 3.85. The Balaban J connectivity index is 0.000000257. The standard InChI is InChI=1S/C7H9N5O2.H4O7P2/c1-2-5(13)10-3-4(9-2)11-7(8)12-6(3)14;1-8(2,3)7-9(4,5)6/h2H,1H3,(H,10,13)(H4,8,9,11,12,14);(H2,1,2,3)(H2,4,5,6). The van der Waals surface area contributed by atoms with E-state index in [-0.39, 0.29) is 17.5 Å². The molecule has 0 radical (unpaired) electrons. The van der Waals surface area contributed by atoms with Gasteiger partial charge in [0, 0.05) is 0 Å². The van der Waals surface area contributed by atoms with Crippen molar-refractivity contribution < 1.29 is 37.8 Å². The third kappa shape index (κ3) is 6.46. The highest BCUT2D eigenvalue weighted by atomic mass is 31.3. The van der Waals surface area contributed by atoms with Crippen LogP contribution in [-0.4, -0.2) is 41.5 Å². The SMILES string of the molecule is CC1Nc2nc(N)[nH]c(=O)c2NC1=O.O=P(O)(O)OP(=O)(O)O. The lowest BCUT2D eigenvalue weighted by molar-refractivity contribution is -0.116. The maximum absolute atomic E-state index is 11.3. The van der Waals surface area contributed by atoms with Crippen LogP contribution in [0.1, 0.15) is 6.92 Å². The number of H-pyrrole nitrogens is 1. The van der Waals surface area contributed by atoms with Crippen molar-refractivity contribution in [2.75, 3.05) is 16.4 Å². The zero-order chi connectivity index (χ0) is 18.0. The second kappa shape index (κ2) is 6.76. The number of hydrogen-bond donors (Lipinski definition) is 8. The molecule has 0 saturated heterocycles. The van der Waals surface area contributed by atoms with Gasteiger partial charge < -0.3 is 35.9 Å². The molecule has 130 valence electrons. The molecule has 9 N–H and O–H groups in total. The number of aromatic nitrogens is 2. The number of fused-ring (bicyclic) bond motifs is 1. The van der Waals surface area contributed by atoms with Crippen molar-refractivity contribution in [1.29, 1.82) is 0 Å². The molecule has 0 bridgehead atoms. The van der Waals surface area contributed by atoms with Crippen LogP contribution >= 0.6 is 15.6 Å². The summed E-state index contributed by atoms with van der Waals surface area (Å²) >= 11 is 0. The van der Waals surface area contributed by atoms with Crippen molar-refractivity contribution in [1.82, 2.24) is 9.97 Å². The van der Waals surface area contributed by atoms with Crippen molar-refractivity contribution in [3.63, 3.8) is 0 Å². The molecule has 2 heterocycles. The lowest BCUT2D eigenvalue weighted by Crippen LogP contribution is -2.39. The van der Waals surface area contributed by atoms with Crippen LogP contribution in [-0.2, 0) is 18.2 Å². The quantitative estimate of drug-likeness (QED) is 0.270. The first-order valence-corrected chi connectivity index (χ1v) is 8.64. The number of nitrogen functional groups attached to an aromatic ring is 1. The Morgan fingerprint density at radius 2 is 1.70 bits per heavy atom. The van der Waals surface area contributed by atoms with Crippen molar-refractivity contribution in [3.8, 4) is 0 Å². The first-order valence-electron chi connectivity index (χ1n) is 5.58. The number of phosphoric acid groups is 2. The smallest absolute Gasteiger partial charge is 0.369 e. The van der Waals surface area contributed by atoms with E-state index in [0.717, 1.165) is 0 Å². The van der Waals surface area contributed by atoms with Crippen LogP contribution in [0.5, 0.6) is 0 Å². The van der Waals surface area contributed by atoms with Gasteiger partial charge in [-0.2, -0.15) is 9.29 Å². The normalized spacial score (nSPS) is 17.3. The fourth-order valence-corrected chi connectivity index (χ4v) is 2.46. The topological polar surface area (TPSA) is 237 Å². The van der Waals surface area contributed by atoms with E-state index < -0.39 is 27.2 Å². The Hall–Kier alpha value is -1.79. The molecule has 14 nitrogen and oxygen atoms in total. The van der Waals surface area contributed by atoms with Crippen LogP contribution in [0.2, 0.25) is 0 Å². The van der Waals surface area contributed by atoms with Gasteiger partial charge in [0.2, 0.25) is 11.9 Å². The van der Waals surface area contributed by atoms with Gasteiger partial charge in [-0.3, -0.25) is 14.6 Å². The second-order valence-corrected chi connectivity index (χ2v) is 6.71. The van der Waals surface area contributed by atoms with E-state index in [4.69, 9.17) is 25.3 Å². The summed E-state index contributed by atoms with van der Waals surface area (Å²) in [7, 11) is -10.1. The van der Waals surface area contributed by atoms with Crippen molar-refractivity contribution in [3.05, 3.63) is 10.4 Å². The van der Waals surface area contributed by atoms with Crippen LogP contribution in [0.4, 0.5) is 17.5 Å². The molecule has 0 aliphatic carbocycles. The number of nitrogens with two attached hydrogens (primary N) is 1. The maximum atomic E-state index is 11.3.